The highest BCUT2D eigenvalue weighted by Crippen LogP contribution is 2.41. The van der Waals surface area contributed by atoms with Crippen LogP contribution < -0.4 is 0 Å². The summed E-state index contributed by atoms with van der Waals surface area (Å²) in [6.07, 6.45) is -10.5. The Balaban J connectivity index is 1.56. The van der Waals surface area contributed by atoms with E-state index in [1.807, 2.05) is 13.8 Å². The molecule has 0 aromatic carbocycles. The lowest BCUT2D eigenvalue weighted by molar-refractivity contribution is -0.326. The maximum Gasteiger partial charge on any atom is 0.186 e. The molecule has 0 spiro atoms. The number of aliphatic hydroxyl groups is 6. The van der Waals surface area contributed by atoms with Crippen LogP contribution in [-0.4, -0.2) is 111 Å². The van der Waals surface area contributed by atoms with Gasteiger partial charge in [0.05, 0.1) is 19.3 Å². The zero-order valence-corrected chi connectivity index (χ0v) is 20.7. The van der Waals surface area contributed by atoms with Crippen molar-refractivity contribution in [3.8, 4) is 0 Å². The Hall–Kier alpha value is -0.990. The predicted molar refractivity (Wildman–Crippen MR) is 121 cm³/mol. The summed E-state index contributed by atoms with van der Waals surface area (Å²) in [5.74, 6) is 0.233. The molecule has 2 saturated heterocycles. The lowest BCUT2D eigenvalue weighted by atomic mass is 9.70. The van der Waals surface area contributed by atoms with Gasteiger partial charge in [-0.05, 0) is 32.1 Å². The summed E-state index contributed by atoms with van der Waals surface area (Å²) >= 11 is 0. The lowest BCUT2D eigenvalue weighted by Crippen LogP contribution is -2.60. The second kappa shape index (κ2) is 11.6. The lowest BCUT2D eigenvalue weighted by Gasteiger charge is -2.42. The second-order valence-electron chi connectivity index (χ2n) is 10.6. The SMILES string of the molecule is CC1=C(CC[C@@H](C)O[C@@H]2O[C@H](CO[C@@H]3OC[C@@H](O)[C@H](O)[C@H]3O)[C@@H](O)[C@H](O)[C@H]2O)C(C)(C)CC(=O)C1. The van der Waals surface area contributed by atoms with Crippen molar-refractivity contribution in [3.63, 3.8) is 0 Å². The standard InChI is InChI=1S/C24H40O11/c1-11-7-13(25)8-24(3,4)14(11)6-5-12(2)34-23-21(31)19(29)18(28)16(35-23)10-33-22-20(30)17(27)15(26)9-32-22/h12,15-23,26-31H,5-10H2,1-4H3/t12-,15-,16-,17+,18-,19+,20-,21-,22+,23-/m1/s1. The van der Waals surface area contributed by atoms with E-state index >= 15 is 0 Å². The number of Topliss-reactive ketones (excluding diaryl/α,β-unsaturated/α-hetero) is 1. The van der Waals surface area contributed by atoms with Crippen molar-refractivity contribution in [2.45, 2.75) is 115 Å². The van der Waals surface area contributed by atoms with E-state index in [0.29, 0.717) is 25.7 Å². The van der Waals surface area contributed by atoms with Crippen LogP contribution in [0, 0.1) is 5.41 Å². The van der Waals surface area contributed by atoms with Crippen molar-refractivity contribution in [1.29, 1.82) is 0 Å². The molecule has 3 aliphatic rings. The van der Waals surface area contributed by atoms with Crippen LogP contribution >= 0.6 is 0 Å². The molecule has 0 radical (unpaired) electrons. The van der Waals surface area contributed by atoms with Crippen LogP contribution in [0.25, 0.3) is 0 Å². The number of carbonyl (C=O) groups excluding carboxylic acids is 1. The summed E-state index contributed by atoms with van der Waals surface area (Å²) in [4.78, 5) is 12.0. The topological polar surface area (TPSA) is 175 Å². The molecule has 0 amide bonds. The summed E-state index contributed by atoms with van der Waals surface area (Å²) in [6, 6.07) is 0. The normalized spacial score (nSPS) is 41.2. The molecule has 0 aromatic heterocycles. The van der Waals surface area contributed by atoms with Gasteiger partial charge in [0, 0.05) is 12.8 Å². The van der Waals surface area contributed by atoms with Crippen molar-refractivity contribution in [2.75, 3.05) is 13.2 Å². The summed E-state index contributed by atoms with van der Waals surface area (Å²) < 4.78 is 22.1. The Morgan fingerprint density at radius 2 is 1.66 bits per heavy atom. The van der Waals surface area contributed by atoms with Crippen LogP contribution in [0.1, 0.15) is 53.4 Å². The Bertz CT molecular complexity index is 769. The number of carbonyl (C=O) groups is 1. The Kier molecular flexibility index (Phi) is 9.47. The molecule has 0 aromatic rings. The minimum Gasteiger partial charge on any atom is -0.388 e. The molecule has 6 N–H and O–H groups in total. The number of ether oxygens (including phenoxy) is 4. The van der Waals surface area contributed by atoms with Crippen LogP contribution in [0.3, 0.4) is 0 Å². The summed E-state index contributed by atoms with van der Waals surface area (Å²) in [5, 5.41) is 60.4. The molecule has 35 heavy (non-hydrogen) atoms. The van der Waals surface area contributed by atoms with Gasteiger partial charge in [-0.15, -0.1) is 0 Å². The molecule has 1 aliphatic carbocycles. The minimum atomic E-state index is -1.56. The number of hydrogen-bond acceptors (Lipinski definition) is 11. The Morgan fingerprint density at radius 1 is 1.00 bits per heavy atom. The molecule has 3 rings (SSSR count). The highest BCUT2D eigenvalue weighted by Gasteiger charge is 2.46. The van der Waals surface area contributed by atoms with Gasteiger partial charge in [-0.1, -0.05) is 25.0 Å². The van der Waals surface area contributed by atoms with Gasteiger partial charge in [0.2, 0.25) is 0 Å². The van der Waals surface area contributed by atoms with Gasteiger partial charge in [-0.3, -0.25) is 4.79 Å². The van der Waals surface area contributed by atoms with Gasteiger partial charge in [0.15, 0.2) is 12.6 Å². The largest absolute Gasteiger partial charge is 0.388 e. The fourth-order valence-electron chi connectivity index (χ4n) is 5.12. The fraction of sp³-hybridized carbons (Fsp3) is 0.875. The number of rotatable bonds is 8. The first-order chi connectivity index (χ1) is 16.3. The van der Waals surface area contributed by atoms with Crippen molar-refractivity contribution in [1.82, 2.24) is 0 Å². The van der Waals surface area contributed by atoms with E-state index in [4.69, 9.17) is 18.9 Å². The van der Waals surface area contributed by atoms with Crippen LogP contribution in [0.2, 0.25) is 0 Å². The first-order valence-electron chi connectivity index (χ1n) is 12.1. The molecule has 2 heterocycles. The molecular weight excluding hydrogens is 464 g/mol. The van der Waals surface area contributed by atoms with E-state index in [1.165, 1.54) is 5.57 Å². The Labute approximate surface area is 205 Å². The van der Waals surface area contributed by atoms with Crippen molar-refractivity contribution in [2.24, 2.45) is 5.41 Å². The van der Waals surface area contributed by atoms with E-state index < -0.39 is 55.3 Å². The number of aliphatic hydroxyl groups excluding tert-OH is 6. The fourth-order valence-corrected chi connectivity index (χ4v) is 5.12. The first kappa shape index (κ1) is 28.6. The molecule has 10 atom stereocenters. The van der Waals surface area contributed by atoms with Crippen LogP contribution in [0.5, 0.6) is 0 Å². The van der Waals surface area contributed by atoms with Gasteiger partial charge in [-0.25, -0.2) is 0 Å². The highest BCUT2D eigenvalue weighted by atomic mass is 16.7. The zero-order valence-electron chi connectivity index (χ0n) is 20.7. The Morgan fingerprint density at radius 3 is 2.31 bits per heavy atom. The smallest absolute Gasteiger partial charge is 0.186 e. The first-order valence-corrected chi connectivity index (χ1v) is 12.1. The predicted octanol–water partition coefficient (Wildman–Crippen LogP) is -0.859. The number of allylic oxidation sites excluding steroid dienone is 2. The van der Waals surface area contributed by atoms with E-state index in [1.54, 1.807) is 0 Å². The van der Waals surface area contributed by atoms with Crippen molar-refractivity contribution in [3.05, 3.63) is 11.1 Å². The summed E-state index contributed by atoms with van der Waals surface area (Å²) in [7, 11) is 0. The van der Waals surface area contributed by atoms with Gasteiger partial charge in [0.1, 0.15) is 48.5 Å². The van der Waals surface area contributed by atoms with Crippen LogP contribution in [-0.2, 0) is 23.7 Å². The average molecular weight is 505 g/mol. The average Bonchev–Trinajstić information content (AvgIpc) is 2.76. The van der Waals surface area contributed by atoms with Crippen LogP contribution in [0.4, 0.5) is 0 Å². The van der Waals surface area contributed by atoms with Gasteiger partial charge >= 0.3 is 0 Å². The van der Waals surface area contributed by atoms with E-state index in [0.717, 1.165) is 5.57 Å². The van der Waals surface area contributed by atoms with Crippen molar-refractivity contribution < 1.29 is 54.4 Å². The maximum atomic E-state index is 12.0. The van der Waals surface area contributed by atoms with Gasteiger partial charge in [-0.2, -0.15) is 0 Å². The molecule has 202 valence electrons. The van der Waals surface area contributed by atoms with E-state index in [2.05, 4.69) is 13.8 Å². The van der Waals surface area contributed by atoms with Crippen molar-refractivity contribution >= 4 is 5.78 Å². The summed E-state index contributed by atoms with van der Waals surface area (Å²) in [5.41, 5.74) is 2.07. The van der Waals surface area contributed by atoms with E-state index in [9.17, 15) is 35.4 Å². The monoisotopic (exact) mass is 504 g/mol. The highest BCUT2D eigenvalue weighted by molar-refractivity contribution is 5.83. The third-order valence-electron chi connectivity index (χ3n) is 7.15. The van der Waals surface area contributed by atoms with Gasteiger partial charge < -0.3 is 49.6 Å². The number of hydrogen-bond donors (Lipinski definition) is 6. The third-order valence-corrected chi connectivity index (χ3v) is 7.15. The zero-order chi connectivity index (χ0) is 26.1. The second-order valence-corrected chi connectivity index (χ2v) is 10.6. The quantitative estimate of drug-likeness (QED) is 0.227. The molecule has 0 saturated carbocycles. The molecule has 2 fully saturated rings. The third kappa shape index (κ3) is 6.67. The molecule has 2 aliphatic heterocycles. The summed E-state index contributed by atoms with van der Waals surface area (Å²) in [6.45, 7) is 7.31. The molecule has 0 unspecified atom stereocenters. The molecule has 0 bridgehead atoms. The number of ketones is 1. The maximum absolute atomic E-state index is 12.0. The minimum absolute atomic E-state index is 0.224. The van der Waals surface area contributed by atoms with Crippen LogP contribution in [0.15, 0.2) is 11.1 Å². The molecular formula is C24H40O11. The van der Waals surface area contributed by atoms with Gasteiger partial charge in [0.25, 0.3) is 0 Å². The molecule has 11 nitrogen and oxygen atoms in total. The molecule has 11 heteroatoms. The van der Waals surface area contributed by atoms with E-state index in [-0.39, 0.29) is 30.5 Å².